The van der Waals surface area contributed by atoms with Gasteiger partial charge in [0.25, 0.3) is 5.91 Å². The maximum absolute atomic E-state index is 14.3. The molecule has 0 saturated heterocycles. The largest absolute Gasteiger partial charge is 0.390 e. The van der Waals surface area contributed by atoms with Gasteiger partial charge in [0.15, 0.2) is 0 Å². The van der Waals surface area contributed by atoms with Gasteiger partial charge in [0.05, 0.1) is 22.5 Å². The fourth-order valence-electron chi connectivity index (χ4n) is 6.10. The third kappa shape index (κ3) is 3.49. The number of aromatic nitrogens is 1. The monoisotopic (exact) mass is 393 g/mol. The van der Waals surface area contributed by atoms with Crippen molar-refractivity contribution in [1.29, 1.82) is 0 Å². The van der Waals surface area contributed by atoms with Crippen LogP contribution < -0.4 is 11.1 Å². The molecular weight excluding hydrogens is 364 g/mol. The summed E-state index contributed by atoms with van der Waals surface area (Å²) in [5.41, 5.74) is 3.42. The molecule has 1 heterocycles. The van der Waals surface area contributed by atoms with E-state index in [2.05, 4.69) is 10.3 Å². The highest BCUT2D eigenvalue weighted by molar-refractivity contribution is 5.99. The lowest BCUT2D eigenvalue weighted by atomic mass is 9.51. The van der Waals surface area contributed by atoms with Crippen molar-refractivity contribution in [1.82, 2.24) is 4.98 Å². The first-order chi connectivity index (χ1) is 13.0. The number of hydrogen-bond acceptors (Lipinski definition) is 4. The number of nitrogens with one attached hydrogen (secondary N) is 1. The minimum absolute atomic E-state index is 0.122. The molecule has 4 aliphatic carbocycles. The van der Waals surface area contributed by atoms with Crippen LogP contribution in [-0.2, 0) is 6.42 Å². The van der Waals surface area contributed by atoms with E-state index >= 15 is 0 Å². The predicted molar refractivity (Wildman–Crippen MR) is 103 cm³/mol. The Morgan fingerprint density at radius 1 is 1.39 bits per heavy atom. The summed E-state index contributed by atoms with van der Waals surface area (Å²) in [7, 11) is 0. The van der Waals surface area contributed by atoms with Gasteiger partial charge in [0.2, 0.25) is 0 Å². The van der Waals surface area contributed by atoms with E-state index in [1.54, 1.807) is 6.07 Å². The number of anilines is 1. The van der Waals surface area contributed by atoms with Crippen LogP contribution in [0.25, 0.3) is 0 Å². The third-order valence-corrected chi connectivity index (χ3v) is 6.82. The number of carbonyl (C=O) groups excluding carboxylic acids is 1. The highest BCUT2D eigenvalue weighted by Crippen LogP contribution is 2.58. The van der Waals surface area contributed by atoms with E-state index in [4.69, 9.17) is 5.73 Å². The third-order valence-electron chi connectivity index (χ3n) is 6.82. The zero-order valence-corrected chi connectivity index (χ0v) is 16.5. The molecule has 28 heavy (non-hydrogen) atoms. The van der Waals surface area contributed by atoms with Crippen molar-refractivity contribution >= 4 is 11.6 Å². The van der Waals surface area contributed by atoms with E-state index in [0.29, 0.717) is 23.9 Å². The number of nitrogens with two attached hydrogens (primary N) is 1. The zero-order valence-electron chi connectivity index (χ0n) is 16.5. The standard InChI is InChI=1S/C21H29F2N3O2/c1-19(2,23)16(22)6-15-17(18(24)27)14(3-4-25-15)26-20-7-12-5-13(8-20)10-21(28,9-12)11-20/h3-4,12-13,16,28H,5-11H2,1-2H3,(H2,24,27)(H,25,26)/t12?,13?,16-,20?,21?/m1/s1. The average Bonchev–Trinajstić information content (AvgIpc) is 2.50. The number of hydrogen-bond donors (Lipinski definition) is 3. The van der Waals surface area contributed by atoms with Gasteiger partial charge in [-0.25, -0.2) is 8.78 Å². The average molecular weight is 393 g/mol. The molecule has 4 N–H and O–H groups in total. The first-order valence-electron chi connectivity index (χ1n) is 10.1. The molecule has 0 aromatic carbocycles. The quantitative estimate of drug-likeness (QED) is 0.692. The first kappa shape index (κ1) is 19.6. The van der Waals surface area contributed by atoms with Gasteiger partial charge in [-0.05, 0) is 70.3 Å². The van der Waals surface area contributed by atoms with Crippen LogP contribution in [0.3, 0.4) is 0 Å². The number of halogens is 2. The van der Waals surface area contributed by atoms with Crippen LogP contribution in [0.1, 0.15) is 68.4 Å². The molecule has 3 atom stereocenters. The van der Waals surface area contributed by atoms with Gasteiger partial charge in [0, 0.05) is 18.2 Å². The number of pyridine rings is 1. The van der Waals surface area contributed by atoms with Gasteiger partial charge >= 0.3 is 0 Å². The van der Waals surface area contributed by atoms with E-state index in [1.807, 2.05) is 0 Å². The number of primary amides is 1. The lowest BCUT2D eigenvalue weighted by Gasteiger charge is -2.60. The van der Waals surface area contributed by atoms with Crippen molar-refractivity contribution < 1.29 is 18.7 Å². The molecule has 4 saturated carbocycles. The smallest absolute Gasteiger partial charge is 0.252 e. The lowest BCUT2D eigenvalue weighted by Crippen LogP contribution is -2.62. The molecule has 0 radical (unpaired) electrons. The van der Waals surface area contributed by atoms with Crippen LogP contribution >= 0.6 is 0 Å². The Morgan fingerprint density at radius 2 is 2.04 bits per heavy atom. The number of nitrogens with zero attached hydrogens (tertiary/aromatic N) is 1. The van der Waals surface area contributed by atoms with Crippen LogP contribution in [0.4, 0.5) is 14.5 Å². The molecule has 5 nitrogen and oxygen atoms in total. The van der Waals surface area contributed by atoms with E-state index in [1.165, 1.54) is 20.0 Å². The number of rotatable bonds is 6. The highest BCUT2D eigenvalue weighted by Gasteiger charge is 2.57. The molecule has 154 valence electrons. The van der Waals surface area contributed by atoms with Crippen molar-refractivity contribution in [3.63, 3.8) is 0 Å². The normalized spacial score (nSPS) is 35.0. The maximum Gasteiger partial charge on any atom is 0.252 e. The molecule has 0 spiro atoms. The maximum atomic E-state index is 14.3. The zero-order chi connectivity index (χ0) is 20.3. The molecule has 4 fully saturated rings. The number of amides is 1. The fraction of sp³-hybridized carbons (Fsp3) is 0.714. The summed E-state index contributed by atoms with van der Waals surface area (Å²) in [6.07, 6.45) is 4.70. The van der Waals surface area contributed by atoms with Gasteiger partial charge in [-0.15, -0.1) is 0 Å². The first-order valence-corrected chi connectivity index (χ1v) is 10.1. The van der Waals surface area contributed by atoms with Crippen molar-refractivity contribution in [2.45, 2.75) is 81.8 Å². The lowest BCUT2D eigenvalue weighted by molar-refractivity contribution is -0.127. The Morgan fingerprint density at radius 3 is 2.57 bits per heavy atom. The molecular formula is C21H29F2N3O2. The molecule has 5 rings (SSSR count). The Kier molecular flexibility index (Phi) is 4.45. The Labute approximate surface area is 164 Å². The van der Waals surface area contributed by atoms with Gasteiger partial charge in [-0.2, -0.15) is 0 Å². The second kappa shape index (κ2) is 6.37. The van der Waals surface area contributed by atoms with Crippen LogP contribution in [0.15, 0.2) is 12.3 Å². The highest BCUT2D eigenvalue weighted by atomic mass is 19.2. The summed E-state index contributed by atoms with van der Waals surface area (Å²) >= 11 is 0. The van der Waals surface area contributed by atoms with E-state index < -0.39 is 23.3 Å². The van der Waals surface area contributed by atoms with Gasteiger partial charge in [-0.1, -0.05) is 0 Å². The molecule has 7 heteroatoms. The van der Waals surface area contributed by atoms with E-state index in [0.717, 1.165) is 32.1 Å². The summed E-state index contributed by atoms with van der Waals surface area (Å²) in [4.78, 5) is 16.3. The predicted octanol–water partition coefficient (Wildman–Crippen LogP) is 3.30. The summed E-state index contributed by atoms with van der Waals surface area (Å²) in [5, 5.41) is 14.4. The van der Waals surface area contributed by atoms with Crippen molar-refractivity contribution in [2.24, 2.45) is 17.6 Å². The van der Waals surface area contributed by atoms with Crippen molar-refractivity contribution in [2.75, 3.05) is 5.32 Å². The van der Waals surface area contributed by atoms with Crippen LogP contribution in [0.5, 0.6) is 0 Å². The van der Waals surface area contributed by atoms with Crippen LogP contribution in [0, 0.1) is 11.8 Å². The molecule has 4 aliphatic rings. The van der Waals surface area contributed by atoms with Gasteiger partial charge in [-0.3, -0.25) is 9.78 Å². The number of carbonyl (C=O) groups is 1. The molecule has 1 aromatic heterocycles. The second-order valence-corrected chi connectivity index (χ2v) is 9.87. The summed E-state index contributed by atoms with van der Waals surface area (Å²) in [6, 6.07) is 1.67. The van der Waals surface area contributed by atoms with Crippen molar-refractivity contribution in [3.05, 3.63) is 23.5 Å². The number of alkyl halides is 2. The SMILES string of the molecule is CC(C)(F)[C@H](F)Cc1nccc(NC23CC4CC(CC(O)(C4)C2)C3)c1C(N)=O. The van der Waals surface area contributed by atoms with Crippen molar-refractivity contribution in [3.8, 4) is 0 Å². The van der Waals surface area contributed by atoms with E-state index in [-0.39, 0.29) is 23.2 Å². The molecule has 4 bridgehead atoms. The summed E-state index contributed by atoms with van der Waals surface area (Å²) in [5.74, 6) is 0.234. The molecule has 1 aromatic rings. The Bertz CT molecular complexity index is 778. The summed E-state index contributed by atoms with van der Waals surface area (Å²) in [6.45, 7) is 2.33. The molecule has 0 aliphatic heterocycles. The minimum atomic E-state index is -2.04. The topological polar surface area (TPSA) is 88.2 Å². The minimum Gasteiger partial charge on any atom is -0.390 e. The van der Waals surface area contributed by atoms with E-state index in [9.17, 15) is 18.7 Å². The Hall–Kier alpha value is -1.76. The number of aliphatic hydroxyl groups is 1. The van der Waals surface area contributed by atoms with Crippen LogP contribution in [0.2, 0.25) is 0 Å². The molecule has 2 unspecified atom stereocenters. The van der Waals surface area contributed by atoms with Gasteiger partial charge in [0.1, 0.15) is 11.8 Å². The van der Waals surface area contributed by atoms with Crippen LogP contribution in [-0.4, -0.2) is 39.0 Å². The fourth-order valence-corrected chi connectivity index (χ4v) is 6.10. The van der Waals surface area contributed by atoms with Gasteiger partial charge < -0.3 is 16.2 Å². The molecule has 1 amide bonds. The Balaban J connectivity index is 1.65. The summed E-state index contributed by atoms with van der Waals surface area (Å²) < 4.78 is 28.3. The second-order valence-electron chi connectivity index (χ2n) is 9.87.